The van der Waals surface area contributed by atoms with E-state index in [0.717, 1.165) is 55.8 Å². The molecule has 1 saturated heterocycles. The first-order valence-corrected chi connectivity index (χ1v) is 9.17. The molecule has 25 heavy (non-hydrogen) atoms. The Morgan fingerprint density at radius 3 is 3.04 bits per heavy atom. The molecule has 2 heterocycles. The molecular formula is C19H26N4O2. The average Bonchev–Trinajstić information content (AvgIpc) is 3.10. The summed E-state index contributed by atoms with van der Waals surface area (Å²) in [5.74, 6) is 1.55. The van der Waals surface area contributed by atoms with Crippen LogP contribution < -0.4 is 10.2 Å². The van der Waals surface area contributed by atoms with Crippen LogP contribution >= 0.6 is 0 Å². The smallest absolute Gasteiger partial charge is 0.248 e. The molecule has 6 nitrogen and oxygen atoms in total. The Morgan fingerprint density at radius 2 is 2.24 bits per heavy atom. The number of hydrogen-bond acceptors (Lipinski definition) is 5. The number of carbonyl (C=O) groups is 1. The van der Waals surface area contributed by atoms with Crippen molar-refractivity contribution in [1.29, 1.82) is 0 Å². The van der Waals surface area contributed by atoms with E-state index in [1.807, 2.05) is 36.1 Å². The van der Waals surface area contributed by atoms with Crippen LogP contribution in [0.25, 0.3) is 0 Å². The second-order valence-electron chi connectivity index (χ2n) is 6.57. The number of aromatic nitrogens is 2. The summed E-state index contributed by atoms with van der Waals surface area (Å²) in [5.41, 5.74) is 1.88. The number of amides is 1. The third kappa shape index (κ3) is 4.38. The molecule has 1 N–H and O–H groups in total. The van der Waals surface area contributed by atoms with E-state index in [2.05, 4.69) is 22.4 Å². The molecule has 1 aliphatic heterocycles. The van der Waals surface area contributed by atoms with E-state index in [1.165, 1.54) is 0 Å². The molecule has 0 aliphatic carbocycles. The minimum atomic E-state index is -0.0878. The van der Waals surface area contributed by atoms with Gasteiger partial charge in [0.2, 0.25) is 11.8 Å². The van der Waals surface area contributed by atoms with Crippen molar-refractivity contribution in [3.8, 4) is 0 Å². The Bertz CT molecular complexity index is 713. The number of hydrogen-bond donors (Lipinski definition) is 1. The number of carbonyl (C=O) groups excluding carboxylic acids is 1. The van der Waals surface area contributed by atoms with E-state index in [0.29, 0.717) is 12.3 Å². The molecule has 0 spiro atoms. The van der Waals surface area contributed by atoms with Crippen LogP contribution in [0.4, 0.5) is 11.4 Å². The lowest BCUT2D eigenvalue weighted by Gasteiger charge is -2.27. The molecule has 0 saturated carbocycles. The van der Waals surface area contributed by atoms with Crippen LogP contribution in [0.15, 0.2) is 28.8 Å². The molecule has 3 rings (SSSR count). The number of nitrogens with one attached hydrogen (secondary N) is 1. The van der Waals surface area contributed by atoms with E-state index >= 15 is 0 Å². The van der Waals surface area contributed by atoms with E-state index in [1.54, 1.807) is 0 Å². The maximum atomic E-state index is 12.1. The molecule has 2 aromatic rings. The van der Waals surface area contributed by atoms with Gasteiger partial charge in [-0.2, -0.15) is 4.98 Å². The summed E-state index contributed by atoms with van der Waals surface area (Å²) in [5, 5.41) is 7.43. The zero-order valence-electron chi connectivity index (χ0n) is 15.0. The van der Waals surface area contributed by atoms with Gasteiger partial charge in [0.1, 0.15) is 6.04 Å². The lowest BCUT2D eigenvalue weighted by Crippen LogP contribution is -2.35. The van der Waals surface area contributed by atoms with Crippen LogP contribution in [0.2, 0.25) is 0 Å². The highest BCUT2D eigenvalue weighted by Gasteiger charge is 2.20. The third-order valence-corrected chi connectivity index (χ3v) is 4.47. The topological polar surface area (TPSA) is 71.3 Å². The van der Waals surface area contributed by atoms with Gasteiger partial charge < -0.3 is 14.7 Å². The number of rotatable bonds is 7. The van der Waals surface area contributed by atoms with Crippen LogP contribution in [-0.4, -0.2) is 22.6 Å². The number of piperidine rings is 1. The zero-order valence-corrected chi connectivity index (χ0v) is 15.0. The van der Waals surface area contributed by atoms with E-state index in [9.17, 15) is 4.79 Å². The van der Waals surface area contributed by atoms with Gasteiger partial charge in [-0.05, 0) is 44.4 Å². The van der Waals surface area contributed by atoms with Crippen molar-refractivity contribution in [2.75, 3.05) is 16.8 Å². The van der Waals surface area contributed by atoms with Crippen molar-refractivity contribution in [1.82, 2.24) is 10.1 Å². The van der Waals surface area contributed by atoms with E-state index in [-0.39, 0.29) is 11.9 Å². The van der Waals surface area contributed by atoms with Gasteiger partial charge in [0.15, 0.2) is 5.82 Å². The first kappa shape index (κ1) is 17.5. The molecular weight excluding hydrogens is 316 g/mol. The first-order valence-electron chi connectivity index (χ1n) is 9.17. The Balaban J connectivity index is 1.67. The SMILES string of the molecule is CCCCc1noc([C@@H](C)Nc2cccc(N3CCCCC3=O)c2)n1. The van der Waals surface area contributed by atoms with Gasteiger partial charge in [-0.25, -0.2) is 0 Å². The Labute approximate surface area is 148 Å². The van der Waals surface area contributed by atoms with Crippen LogP contribution in [0.1, 0.15) is 63.7 Å². The van der Waals surface area contributed by atoms with Crippen LogP contribution in [0.5, 0.6) is 0 Å². The first-order chi connectivity index (χ1) is 12.2. The van der Waals surface area contributed by atoms with Gasteiger partial charge in [0.05, 0.1) is 0 Å². The van der Waals surface area contributed by atoms with Crippen molar-refractivity contribution in [3.05, 3.63) is 36.0 Å². The molecule has 0 unspecified atom stereocenters. The van der Waals surface area contributed by atoms with Crippen molar-refractivity contribution in [3.63, 3.8) is 0 Å². The van der Waals surface area contributed by atoms with Gasteiger partial charge >= 0.3 is 0 Å². The number of aryl methyl sites for hydroxylation is 1. The summed E-state index contributed by atoms with van der Waals surface area (Å²) < 4.78 is 5.37. The number of benzene rings is 1. The number of unbranched alkanes of at least 4 members (excludes halogenated alkanes) is 1. The number of nitrogens with zero attached hydrogens (tertiary/aromatic N) is 3. The van der Waals surface area contributed by atoms with Gasteiger partial charge in [-0.15, -0.1) is 0 Å². The average molecular weight is 342 g/mol. The Morgan fingerprint density at radius 1 is 1.36 bits per heavy atom. The van der Waals surface area contributed by atoms with Gasteiger partial charge in [-0.3, -0.25) is 4.79 Å². The van der Waals surface area contributed by atoms with Crippen molar-refractivity contribution in [2.24, 2.45) is 0 Å². The quantitative estimate of drug-likeness (QED) is 0.820. The summed E-state index contributed by atoms with van der Waals surface area (Å²) in [6, 6.07) is 7.85. The van der Waals surface area contributed by atoms with E-state index in [4.69, 9.17) is 4.52 Å². The summed E-state index contributed by atoms with van der Waals surface area (Å²) in [7, 11) is 0. The molecule has 1 fully saturated rings. The lowest BCUT2D eigenvalue weighted by atomic mass is 10.1. The summed E-state index contributed by atoms with van der Waals surface area (Å²) in [6.45, 7) is 4.93. The lowest BCUT2D eigenvalue weighted by molar-refractivity contribution is -0.119. The molecule has 0 radical (unpaired) electrons. The fourth-order valence-electron chi connectivity index (χ4n) is 3.03. The second kappa shape index (κ2) is 8.14. The molecule has 6 heteroatoms. The molecule has 1 aromatic heterocycles. The minimum absolute atomic E-state index is 0.0878. The second-order valence-corrected chi connectivity index (χ2v) is 6.57. The van der Waals surface area contributed by atoms with E-state index < -0.39 is 0 Å². The fourth-order valence-corrected chi connectivity index (χ4v) is 3.03. The van der Waals surface area contributed by atoms with Gasteiger partial charge in [-0.1, -0.05) is 24.6 Å². The van der Waals surface area contributed by atoms with Crippen molar-refractivity contribution >= 4 is 17.3 Å². The van der Waals surface area contributed by atoms with Crippen molar-refractivity contribution < 1.29 is 9.32 Å². The molecule has 1 aromatic carbocycles. The summed E-state index contributed by atoms with van der Waals surface area (Å²) in [6.07, 6.45) is 5.70. The van der Waals surface area contributed by atoms with Gasteiger partial charge in [0.25, 0.3) is 0 Å². The molecule has 1 amide bonds. The summed E-state index contributed by atoms with van der Waals surface area (Å²) >= 11 is 0. The highest BCUT2D eigenvalue weighted by atomic mass is 16.5. The third-order valence-electron chi connectivity index (χ3n) is 4.47. The molecule has 0 bridgehead atoms. The normalized spacial score (nSPS) is 16.1. The zero-order chi connectivity index (χ0) is 17.6. The maximum Gasteiger partial charge on any atom is 0.248 e. The van der Waals surface area contributed by atoms with Gasteiger partial charge in [0, 0.05) is 30.8 Å². The van der Waals surface area contributed by atoms with Crippen molar-refractivity contribution in [2.45, 2.75) is 58.4 Å². The van der Waals surface area contributed by atoms with Crippen LogP contribution in [-0.2, 0) is 11.2 Å². The standard InChI is InChI=1S/C19H26N4O2/c1-3-4-10-17-21-19(25-22-17)14(2)20-15-8-7-9-16(13-15)23-12-6-5-11-18(23)24/h7-9,13-14,20H,3-6,10-12H2,1-2H3/t14-/m1/s1. The van der Waals surface area contributed by atoms with Crippen LogP contribution in [0.3, 0.4) is 0 Å². The largest absolute Gasteiger partial charge is 0.374 e. The predicted molar refractivity (Wildman–Crippen MR) is 97.6 cm³/mol. The highest BCUT2D eigenvalue weighted by molar-refractivity contribution is 5.94. The Kier molecular flexibility index (Phi) is 5.68. The highest BCUT2D eigenvalue weighted by Crippen LogP contribution is 2.26. The minimum Gasteiger partial charge on any atom is -0.374 e. The summed E-state index contributed by atoms with van der Waals surface area (Å²) in [4.78, 5) is 18.4. The maximum absolute atomic E-state index is 12.1. The van der Waals surface area contributed by atoms with Crippen LogP contribution in [0, 0.1) is 0 Å². The molecule has 1 atom stereocenters. The number of anilines is 2. The Hall–Kier alpha value is -2.37. The predicted octanol–water partition coefficient (Wildman–Crippen LogP) is 4.10. The molecule has 1 aliphatic rings. The fraction of sp³-hybridized carbons (Fsp3) is 0.526. The monoisotopic (exact) mass is 342 g/mol. The molecule has 134 valence electrons.